The van der Waals surface area contributed by atoms with E-state index in [0.717, 1.165) is 0 Å². The third kappa shape index (κ3) is 8.19. The minimum absolute atomic E-state index is 0.0281. The smallest absolute Gasteiger partial charge is 0.312 e. The first kappa shape index (κ1) is 44.7. The van der Waals surface area contributed by atoms with Crippen molar-refractivity contribution in [3.05, 3.63) is 71.2 Å². The van der Waals surface area contributed by atoms with Crippen molar-refractivity contribution in [1.29, 1.82) is 0 Å². The molecule has 6 N–H and O–H groups in total. The average Bonchev–Trinajstić information content (AvgIpc) is 3.72. The Hall–Kier alpha value is -5.84. The van der Waals surface area contributed by atoms with Crippen LogP contribution < -0.4 is 20.3 Å². The number of amides is 1. The van der Waals surface area contributed by atoms with Crippen LogP contribution in [0.2, 0.25) is 0 Å². The molecule has 0 saturated carbocycles. The van der Waals surface area contributed by atoms with Crippen LogP contribution in [0, 0.1) is 30.6 Å². The van der Waals surface area contributed by atoms with Gasteiger partial charge < -0.3 is 59.9 Å². The summed E-state index contributed by atoms with van der Waals surface area (Å²) in [6, 6.07) is 0. The van der Waals surface area contributed by atoms with E-state index in [1.54, 1.807) is 102 Å². The highest BCUT2D eigenvalue weighted by molar-refractivity contribution is 6.27. The largest absolute Gasteiger partial charge is 0.507 e. The Kier molecular flexibility index (Phi) is 12.7. The van der Waals surface area contributed by atoms with Crippen LogP contribution in [0.3, 0.4) is 0 Å². The van der Waals surface area contributed by atoms with Crippen molar-refractivity contribution in [2.24, 2.45) is 28.8 Å². The lowest BCUT2D eigenvalue weighted by Crippen LogP contribution is -2.46. The van der Waals surface area contributed by atoms with Crippen molar-refractivity contribution in [2.75, 3.05) is 36.7 Å². The molecule has 0 radical (unpaired) electrons. The SMILES string of the molecule is CO[C@H]1/C=C/O[C@@]2(C)Oc3c(C)c(O)c4c(O)c(c5c(c4c3C2=O)NC2C=CC(/C=N/N(C)C)=CN52)NC(=O)/C(C)=C\C=C\[C@H](C)[C@H](O)[C@@H](C)[C@@H](O)[C@@H](C)[C@H](OC(C)=O)[C@@H]1C. The van der Waals surface area contributed by atoms with Gasteiger partial charge in [-0.25, -0.2) is 0 Å². The first-order chi connectivity index (χ1) is 28.7. The molecule has 0 aromatic heterocycles. The number of hydrazone groups is 1. The standard InChI is InChI=1S/C45H57N5O11/c1-21-13-12-14-22(2)44(57)48-35-36-34(47-30-16-15-28(20-50(30)36)19-46-49(9)10)31-32(40(35)55)39(54)26(6)42-33(31)43(56)45(8,61-42)59-18-17-29(58-11)23(3)41(60-27(7)51)25(5)38(53)24(4)37(21)52/h12-21,23-25,29-30,37-38,41,47,52-55H,1-11H3,(H,48,57)/b13-12+,18-17+,22-14-,46-19+/t21-,23+,24+,25+,29-,30?,37-,38+,41+,45-/m0/s1. The van der Waals surface area contributed by atoms with Crippen LogP contribution in [0.1, 0.15) is 64.4 Å². The number of nitrogens with zero attached hydrogens (tertiary/aromatic N) is 3. The third-order valence-electron chi connectivity index (χ3n) is 12.0. The predicted octanol–water partition coefficient (Wildman–Crippen LogP) is 5.61. The summed E-state index contributed by atoms with van der Waals surface area (Å²) in [4.78, 5) is 42.9. The van der Waals surface area contributed by atoms with E-state index in [4.69, 9.17) is 18.9 Å². The quantitative estimate of drug-likeness (QED) is 0.0727. The van der Waals surface area contributed by atoms with Gasteiger partial charge in [0.25, 0.3) is 11.7 Å². The Morgan fingerprint density at radius 1 is 0.984 bits per heavy atom. The number of carbonyl (C=O) groups excluding carboxylic acids is 3. The molecule has 0 aliphatic carbocycles. The number of benzene rings is 2. The molecule has 61 heavy (non-hydrogen) atoms. The number of Topliss-reactive ketones (excluding diaryl/α,β-unsaturated/α-hetero) is 1. The van der Waals surface area contributed by atoms with Gasteiger partial charge in [-0.15, -0.1) is 0 Å². The summed E-state index contributed by atoms with van der Waals surface area (Å²) in [5.74, 6) is -6.97. The minimum Gasteiger partial charge on any atom is -0.507 e. The molecule has 4 bridgehead atoms. The number of carbonyl (C=O) groups is 3. The Morgan fingerprint density at radius 2 is 1.69 bits per heavy atom. The van der Waals surface area contributed by atoms with E-state index in [2.05, 4.69) is 15.7 Å². The second-order valence-electron chi connectivity index (χ2n) is 16.7. The highest BCUT2D eigenvalue weighted by atomic mass is 16.7. The van der Waals surface area contributed by atoms with Crippen molar-refractivity contribution >= 4 is 51.7 Å². The van der Waals surface area contributed by atoms with Gasteiger partial charge in [0.15, 0.2) is 5.75 Å². The lowest BCUT2D eigenvalue weighted by molar-refractivity contribution is -0.160. The van der Waals surface area contributed by atoms with Crippen molar-refractivity contribution in [3.63, 3.8) is 0 Å². The molecule has 10 atom stereocenters. The van der Waals surface area contributed by atoms with Gasteiger partial charge in [0.1, 0.15) is 29.5 Å². The molecule has 16 heteroatoms. The fourth-order valence-corrected chi connectivity index (χ4v) is 8.43. The number of methoxy groups -OCH3 is 1. The molecule has 328 valence electrons. The molecule has 6 rings (SSSR count). The predicted molar refractivity (Wildman–Crippen MR) is 231 cm³/mol. The fraction of sp³-hybridized carbons (Fsp3) is 0.467. The van der Waals surface area contributed by atoms with Crippen molar-refractivity contribution in [2.45, 2.75) is 91.8 Å². The maximum Gasteiger partial charge on any atom is 0.312 e. The number of ether oxygens (including phenoxy) is 4. The van der Waals surface area contributed by atoms with Gasteiger partial charge in [-0.2, -0.15) is 5.10 Å². The van der Waals surface area contributed by atoms with Gasteiger partial charge >= 0.3 is 11.8 Å². The molecule has 2 aromatic rings. The number of rotatable bonds is 4. The number of allylic oxidation sites excluding steroid dienone is 4. The highest BCUT2D eigenvalue weighted by Crippen LogP contribution is 2.59. The number of ketones is 1. The number of aliphatic hydroxyl groups is 2. The van der Waals surface area contributed by atoms with Gasteiger partial charge in [0.2, 0.25) is 0 Å². The number of esters is 1. The lowest BCUT2D eigenvalue weighted by atomic mass is 9.78. The van der Waals surface area contributed by atoms with E-state index >= 15 is 0 Å². The molecule has 1 unspecified atom stereocenters. The topological polar surface area (TPSA) is 212 Å². The molecule has 2 aromatic carbocycles. The van der Waals surface area contributed by atoms with Gasteiger partial charge in [0, 0.05) is 87.0 Å². The molecule has 0 fully saturated rings. The van der Waals surface area contributed by atoms with Crippen molar-refractivity contribution in [3.8, 4) is 17.2 Å². The zero-order chi connectivity index (χ0) is 44.8. The number of fused-ring (bicyclic) bond motifs is 2. The summed E-state index contributed by atoms with van der Waals surface area (Å²) in [6.45, 7) is 12.8. The second-order valence-corrected chi connectivity index (χ2v) is 16.7. The Balaban J connectivity index is 1.56. The van der Waals surface area contributed by atoms with Crippen LogP contribution in [0.5, 0.6) is 17.2 Å². The van der Waals surface area contributed by atoms with Gasteiger partial charge in [-0.05, 0) is 26.0 Å². The van der Waals surface area contributed by atoms with Crippen LogP contribution in [0.15, 0.2) is 65.2 Å². The van der Waals surface area contributed by atoms with Crippen molar-refractivity contribution in [1.82, 2.24) is 5.01 Å². The summed E-state index contributed by atoms with van der Waals surface area (Å²) in [5, 5.41) is 59.3. The fourth-order valence-electron chi connectivity index (χ4n) is 8.43. The first-order valence-electron chi connectivity index (χ1n) is 20.3. The Morgan fingerprint density at radius 3 is 2.34 bits per heavy atom. The molecule has 16 nitrogen and oxygen atoms in total. The Labute approximate surface area is 355 Å². The average molecular weight is 844 g/mol. The maximum atomic E-state index is 14.7. The number of hydrogen-bond donors (Lipinski definition) is 6. The van der Waals surface area contributed by atoms with Gasteiger partial charge in [0.05, 0.1) is 53.1 Å². The minimum atomic E-state index is -1.97. The molecule has 4 aliphatic rings. The first-order valence-corrected chi connectivity index (χ1v) is 20.3. The molecule has 0 spiro atoms. The number of phenolic OH excluding ortho intramolecular Hbond substituents is 2. The van der Waals surface area contributed by atoms with Crippen LogP contribution in [0.25, 0.3) is 10.8 Å². The molecule has 4 aliphatic heterocycles. The number of nitrogens with one attached hydrogen (secondary N) is 2. The van der Waals surface area contributed by atoms with E-state index in [1.807, 2.05) is 12.2 Å². The van der Waals surface area contributed by atoms with E-state index in [0.29, 0.717) is 16.9 Å². The lowest BCUT2D eigenvalue weighted by Gasteiger charge is -2.38. The van der Waals surface area contributed by atoms with Crippen LogP contribution >= 0.6 is 0 Å². The summed E-state index contributed by atoms with van der Waals surface area (Å²) in [5.41, 5.74) is 1.73. The number of hydrogen-bond acceptors (Lipinski definition) is 15. The summed E-state index contributed by atoms with van der Waals surface area (Å²) < 4.78 is 24.0. The number of aromatic hydroxyl groups is 2. The normalized spacial score (nSPS) is 32.3. The molecular weight excluding hydrogens is 787 g/mol. The van der Waals surface area contributed by atoms with Crippen LogP contribution in [-0.4, -0.2) is 107 Å². The molecule has 1 amide bonds. The number of anilines is 3. The number of aliphatic hydroxyl groups excluding tert-OH is 2. The Bertz CT molecular complexity index is 2300. The van der Waals surface area contributed by atoms with Gasteiger partial charge in [-0.3, -0.25) is 14.4 Å². The summed E-state index contributed by atoms with van der Waals surface area (Å²) >= 11 is 0. The highest BCUT2D eigenvalue weighted by Gasteiger charge is 2.51. The third-order valence-corrected chi connectivity index (χ3v) is 12.0. The van der Waals surface area contributed by atoms with Crippen LogP contribution in [-0.2, 0) is 23.8 Å². The van der Waals surface area contributed by atoms with E-state index < -0.39 is 83.4 Å². The maximum absolute atomic E-state index is 14.7. The summed E-state index contributed by atoms with van der Waals surface area (Å²) in [6.07, 6.45) is 10.5. The van der Waals surface area contributed by atoms with Crippen molar-refractivity contribution < 1.29 is 53.8 Å². The molecule has 0 saturated heterocycles. The second kappa shape index (κ2) is 17.3. The van der Waals surface area contributed by atoms with E-state index in [1.165, 1.54) is 27.2 Å². The molecule has 4 heterocycles. The zero-order valence-corrected chi connectivity index (χ0v) is 36.4. The van der Waals surface area contributed by atoms with Gasteiger partial charge in [-0.1, -0.05) is 52.0 Å². The van der Waals surface area contributed by atoms with E-state index in [-0.39, 0.29) is 44.7 Å². The van der Waals surface area contributed by atoms with E-state index in [9.17, 15) is 34.8 Å². The van der Waals surface area contributed by atoms with Crippen LogP contribution in [0.4, 0.5) is 17.1 Å². The zero-order valence-electron chi connectivity index (χ0n) is 36.4. The summed E-state index contributed by atoms with van der Waals surface area (Å²) in [7, 11) is 5.03. The molecular formula is C45H57N5O11. The number of phenols is 2. The monoisotopic (exact) mass is 843 g/mol.